The highest BCUT2D eigenvalue weighted by Gasteiger charge is 2.15. The molecule has 0 fully saturated rings. The Labute approximate surface area is 118 Å². The summed E-state index contributed by atoms with van der Waals surface area (Å²) in [5, 5.41) is 6.70. The van der Waals surface area contributed by atoms with Gasteiger partial charge in [-0.2, -0.15) is 11.8 Å². The van der Waals surface area contributed by atoms with Gasteiger partial charge in [-0.15, -0.1) is 0 Å². The maximum Gasteiger partial charge on any atom is 0.191 e. The van der Waals surface area contributed by atoms with Gasteiger partial charge in [0.15, 0.2) is 5.96 Å². The van der Waals surface area contributed by atoms with E-state index in [0.29, 0.717) is 5.41 Å². The van der Waals surface area contributed by atoms with Gasteiger partial charge in [-0.3, -0.25) is 4.99 Å². The molecule has 0 rings (SSSR count). The number of hydrogen-bond donors (Lipinski definition) is 2. The van der Waals surface area contributed by atoms with E-state index in [0.717, 1.165) is 32.0 Å². The summed E-state index contributed by atoms with van der Waals surface area (Å²) in [4.78, 5) is 4.65. The molecule has 0 bridgehead atoms. The zero-order chi connectivity index (χ0) is 14.2. The summed E-state index contributed by atoms with van der Waals surface area (Å²) in [6, 6.07) is 0. The molecule has 0 amide bonds. The van der Waals surface area contributed by atoms with Gasteiger partial charge < -0.3 is 10.6 Å². The van der Waals surface area contributed by atoms with Crippen molar-refractivity contribution in [3.63, 3.8) is 0 Å². The number of nitrogens with zero attached hydrogens (tertiary/aromatic N) is 1. The van der Waals surface area contributed by atoms with Crippen LogP contribution in [0.25, 0.3) is 0 Å². The van der Waals surface area contributed by atoms with Crippen molar-refractivity contribution in [2.45, 2.75) is 52.7 Å². The van der Waals surface area contributed by atoms with Crippen LogP contribution in [0.4, 0.5) is 0 Å². The van der Waals surface area contributed by atoms with Crippen LogP contribution in [-0.4, -0.2) is 36.6 Å². The van der Waals surface area contributed by atoms with Crippen LogP contribution in [0.2, 0.25) is 0 Å². The lowest BCUT2D eigenvalue weighted by molar-refractivity contribution is 0.377. The second-order valence-electron chi connectivity index (χ2n) is 6.40. The van der Waals surface area contributed by atoms with E-state index in [9.17, 15) is 0 Å². The van der Waals surface area contributed by atoms with Crippen molar-refractivity contribution in [2.24, 2.45) is 10.4 Å². The van der Waals surface area contributed by atoms with E-state index in [-0.39, 0.29) is 4.75 Å². The predicted octanol–water partition coefficient (Wildman–Crippen LogP) is 3.12. The van der Waals surface area contributed by atoms with Crippen molar-refractivity contribution in [1.29, 1.82) is 0 Å². The quantitative estimate of drug-likeness (QED) is 0.577. The number of aliphatic imine (C=N–C) groups is 1. The standard InChI is InChI=1S/C14H31N3S/c1-8-15-12(16-10-9-13(2,3)4)17-11-14(5,6)18-7/h8-11H2,1-7H3,(H2,15,16,17). The van der Waals surface area contributed by atoms with Crippen LogP contribution >= 0.6 is 11.8 Å². The molecule has 2 N–H and O–H groups in total. The number of hydrogen-bond acceptors (Lipinski definition) is 2. The number of thioether (sulfide) groups is 1. The highest BCUT2D eigenvalue weighted by Crippen LogP contribution is 2.21. The van der Waals surface area contributed by atoms with Crippen molar-refractivity contribution < 1.29 is 0 Å². The summed E-state index contributed by atoms with van der Waals surface area (Å²) in [5.41, 5.74) is 0.364. The second kappa shape index (κ2) is 7.93. The second-order valence-corrected chi connectivity index (χ2v) is 7.91. The van der Waals surface area contributed by atoms with Crippen molar-refractivity contribution >= 4 is 17.7 Å². The van der Waals surface area contributed by atoms with E-state index >= 15 is 0 Å². The molecule has 0 aliphatic rings. The lowest BCUT2D eigenvalue weighted by atomic mass is 9.92. The molecule has 0 aliphatic carbocycles. The van der Waals surface area contributed by atoms with E-state index in [1.165, 1.54) is 0 Å². The molecule has 0 aliphatic heterocycles. The Kier molecular flexibility index (Phi) is 7.76. The highest BCUT2D eigenvalue weighted by atomic mass is 32.2. The molecule has 0 aromatic rings. The summed E-state index contributed by atoms with van der Waals surface area (Å²) in [6.45, 7) is 16.0. The van der Waals surface area contributed by atoms with Gasteiger partial charge in [0.1, 0.15) is 0 Å². The van der Waals surface area contributed by atoms with Gasteiger partial charge in [-0.1, -0.05) is 20.8 Å². The molecule has 0 radical (unpaired) electrons. The van der Waals surface area contributed by atoms with Crippen molar-refractivity contribution in [2.75, 3.05) is 25.9 Å². The number of nitrogens with one attached hydrogen (secondary N) is 2. The predicted molar refractivity (Wildman–Crippen MR) is 85.6 cm³/mol. The smallest absolute Gasteiger partial charge is 0.191 e. The maximum atomic E-state index is 4.65. The Morgan fingerprint density at radius 1 is 1.11 bits per heavy atom. The highest BCUT2D eigenvalue weighted by molar-refractivity contribution is 7.99. The molecule has 4 heteroatoms. The minimum Gasteiger partial charge on any atom is -0.357 e. The van der Waals surface area contributed by atoms with Gasteiger partial charge >= 0.3 is 0 Å². The Bertz CT molecular complexity index is 254. The average Bonchev–Trinajstić information content (AvgIpc) is 2.24. The van der Waals surface area contributed by atoms with Gasteiger partial charge in [-0.05, 0) is 38.9 Å². The number of guanidine groups is 1. The van der Waals surface area contributed by atoms with Crippen LogP contribution in [-0.2, 0) is 0 Å². The SMILES string of the molecule is CCNC(=NCC(C)(C)SC)NCCC(C)(C)C. The molecular formula is C14H31N3S. The zero-order valence-corrected chi connectivity index (χ0v) is 14.0. The molecule has 0 heterocycles. The molecule has 0 saturated heterocycles. The van der Waals surface area contributed by atoms with E-state index in [2.05, 4.69) is 63.4 Å². The van der Waals surface area contributed by atoms with Crippen LogP contribution in [0, 0.1) is 5.41 Å². The normalized spacial score (nSPS) is 13.6. The van der Waals surface area contributed by atoms with Gasteiger partial charge in [0.2, 0.25) is 0 Å². The first kappa shape index (κ1) is 17.6. The third kappa shape index (κ3) is 9.63. The Hall–Kier alpha value is -0.380. The molecule has 0 saturated carbocycles. The zero-order valence-electron chi connectivity index (χ0n) is 13.2. The van der Waals surface area contributed by atoms with Crippen LogP contribution in [0.15, 0.2) is 4.99 Å². The molecular weight excluding hydrogens is 242 g/mol. The minimum atomic E-state index is 0.201. The molecule has 3 nitrogen and oxygen atoms in total. The van der Waals surface area contributed by atoms with Crippen molar-refractivity contribution in [1.82, 2.24) is 10.6 Å². The summed E-state index contributed by atoms with van der Waals surface area (Å²) in [5.74, 6) is 0.934. The summed E-state index contributed by atoms with van der Waals surface area (Å²) in [6.07, 6.45) is 3.28. The molecule has 108 valence electrons. The lowest BCUT2D eigenvalue weighted by Crippen LogP contribution is -2.39. The summed E-state index contributed by atoms with van der Waals surface area (Å²) in [7, 11) is 0. The molecule has 0 aromatic heterocycles. The van der Waals surface area contributed by atoms with Crippen LogP contribution < -0.4 is 10.6 Å². The van der Waals surface area contributed by atoms with Crippen molar-refractivity contribution in [3.8, 4) is 0 Å². The van der Waals surface area contributed by atoms with Crippen LogP contribution in [0.3, 0.4) is 0 Å². The monoisotopic (exact) mass is 273 g/mol. The number of rotatable bonds is 6. The topological polar surface area (TPSA) is 36.4 Å². The van der Waals surface area contributed by atoms with Gasteiger partial charge in [-0.25, -0.2) is 0 Å². The first-order valence-corrected chi connectivity index (χ1v) is 8.00. The summed E-state index contributed by atoms with van der Waals surface area (Å²) >= 11 is 1.85. The molecule has 0 aromatic carbocycles. The molecule has 18 heavy (non-hydrogen) atoms. The molecule has 0 unspecified atom stereocenters. The fourth-order valence-electron chi connectivity index (χ4n) is 1.23. The third-order valence-corrected chi connectivity index (χ3v) is 3.92. The average molecular weight is 273 g/mol. The summed E-state index contributed by atoms with van der Waals surface area (Å²) < 4.78 is 0.201. The fraction of sp³-hybridized carbons (Fsp3) is 0.929. The lowest BCUT2D eigenvalue weighted by Gasteiger charge is -2.22. The van der Waals surface area contributed by atoms with E-state index < -0.39 is 0 Å². The molecule has 0 spiro atoms. The van der Waals surface area contributed by atoms with Crippen LogP contribution in [0.1, 0.15) is 48.0 Å². The first-order chi connectivity index (χ1) is 8.20. The van der Waals surface area contributed by atoms with E-state index in [4.69, 9.17) is 0 Å². The van der Waals surface area contributed by atoms with Crippen molar-refractivity contribution in [3.05, 3.63) is 0 Å². The fourth-order valence-corrected chi connectivity index (χ4v) is 1.43. The van der Waals surface area contributed by atoms with Gasteiger partial charge in [0.05, 0.1) is 6.54 Å². The maximum absolute atomic E-state index is 4.65. The first-order valence-electron chi connectivity index (χ1n) is 6.77. The minimum absolute atomic E-state index is 0.201. The Morgan fingerprint density at radius 2 is 1.72 bits per heavy atom. The van der Waals surface area contributed by atoms with Gasteiger partial charge in [0, 0.05) is 17.8 Å². The Balaban J connectivity index is 4.25. The van der Waals surface area contributed by atoms with Crippen LogP contribution in [0.5, 0.6) is 0 Å². The molecule has 0 atom stereocenters. The Morgan fingerprint density at radius 3 is 2.17 bits per heavy atom. The van der Waals surface area contributed by atoms with E-state index in [1.54, 1.807) is 0 Å². The third-order valence-electron chi connectivity index (χ3n) is 2.68. The van der Waals surface area contributed by atoms with Gasteiger partial charge in [0.25, 0.3) is 0 Å². The largest absolute Gasteiger partial charge is 0.357 e. The van der Waals surface area contributed by atoms with E-state index in [1.807, 2.05) is 11.8 Å².